The van der Waals surface area contributed by atoms with Crippen molar-refractivity contribution in [2.75, 3.05) is 31.1 Å². The molecule has 0 bridgehead atoms. The number of carbonyl (C=O) groups is 2. The molecule has 1 aromatic heterocycles. The molecule has 2 atom stereocenters. The van der Waals surface area contributed by atoms with Crippen LogP contribution in [0.4, 0.5) is 10.5 Å². The predicted octanol–water partition coefficient (Wildman–Crippen LogP) is 3.17. The number of halogens is 1. The van der Waals surface area contributed by atoms with Crippen molar-refractivity contribution in [1.29, 1.82) is 0 Å². The molecule has 29 heavy (non-hydrogen) atoms. The number of urea groups is 1. The van der Waals surface area contributed by atoms with E-state index in [-0.39, 0.29) is 11.8 Å². The largest absolute Gasteiger partial charge is 0.371 e. The molecule has 2 aliphatic heterocycles. The molecular weight excluding hydrogens is 390 g/mol. The average Bonchev–Trinajstić information content (AvgIpc) is 2.99. The highest BCUT2D eigenvalue weighted by atomic mass is 35.5. The Morgan fingerprint density at radius 3 is 2.55 bits per heavy atom. The van der Waals surface area contributed by atoms with Crippen molar-refractivity contribution in [3.8, 4) is 0 Å². The van der Waals surface area contributed by atoms with Crippen molar-refractivity contribution in [2.24, 2.45) is 5.92 Å². The van der Waals surface area contributed by atoms with Crippen LogP contribution in [0.3, 0.4) is 0 Å². The second-order valence-electron chi connectivity index (χ2n) is 7.82. The summed E-state index contributed by atoms with van der Waals surface area (Å²) in [5.74, 6) is -0.0654. The van der Waals surface area contributed by atoms with Gasteiger partial charge >= 0.3 is 6.03 Å². The molecule has 0 aliphatic carbocycles. The van der Waals surface area contributed by atoms with Crippen LogP contribution in [0.1, 0.15) is 40.0 Å². The van der Waals surface area contributed by atoms with Crippen molar-refractivity contribution in [3.05, 3.63) is 35.3 Å². The van der Waals surface area contributed by atoms with E-state index in [9.17, 15) is 9.59 Å². The Kier molecular flexibility index (Phi) is 6.67. The number of pyridine rings is 1. The summed E-state index contributed by atoms with van der Waals surface area (Å²) < 4.78 is 0. The Hall–Kier alpha value is -2.28. The van der Waals surface area contributed by atoms with Crippen molar-refractivity contribution >= 4 is 29.2 Å². The number of nitrogens with one attached hydrogen (secondary N) is 2. The van der Waals surface area contributed by atoms with Crippen LogP contribution in [-0.2, 0) is 4.79 Å². The first-order valence-corrected chi connectivity index (χ1v) is 10.7. The number of rotatable bonds is 7. The van der Waals surface area contributed by atoms with E-state index in [0.29, 0.717) is 17.9 Å². The van der Waals surface area contributed by atoms with Crippen molar-refractivity contribution < 1.29 is 9.59 Å². The molecule has 7 nitrogen and oxygen atoms in total. The summed E-state index contributed by atoms with van der Waals surface area (Å²) in [5.41, 5.74) is 1.47. The molecular formula is C21H30ClN5O2. The van der Waals surface area contributed by atoms with Gasteiger partial charge in [-0.2, -0.15) is 0 Å². The fourth-order valence-electron chi connectivity index (χ4n) is 4.34. The minimum absolute atomic E-state index is 0.151. The third kappa shape index (κ3) is 4.66. The number of hydrogen-bond donors (Lipinski definition) is 2. The highest BCUT2D eigenvalue weighted by Crippen LogP contribution is 2.31. The maximum atomic E-state index is 12.4. The van der Waals surface area contributed by atoms with Gasteiger partial charge in [0.1, 0.15) is 5.54 Å². The van der Waals surface area contributed by atoms with Gasteiger partial charge in [-0.05, 0) is 31.2 Å². The predicted molar refractivity (Wildman–Crippen MR) is 115 cm³/mol. The number of aromatic nitrogens is 1. The van der Waals surface area contributed by atoms with Crippen LogP contribution < -0.4 is 15.5 Å². The van der Waals surface area contributed by atoms with Crippen molar-refractivity contribution in [1.82, 2.24) is 20.5 Å². The van der Waals surface area contributed by atoms with Gasteiger partial charge in [0.15, 0.2) is 0 Å². The molecule has 2 fully saturated rings. The number of hydrogen-bond acceptors (Lipinski definition) is 5. The molecule has 0 aromatic carbocycles. The molecule has 158 valence electrons. The zero-order valence-electron chi connectivity index (χ0n) is 17.4. The molecule has 2 N–H and O–H groups in total. The molecule has 2 saturated heterocycles. The van der Waals surface area contributed by atoms with Crippen molar-refractivity contribution in [3.63, 3.8) is 0 Å². The van der Waals surface area contributed by atoms with Gasteiger partial charge in [0.05, 0.1) is 16.9 Å². The Morgan fingerprint density at radius 2 is 2.00 bits per heavy atom. The minimum Gasteiger partial charge on any atom is -0.371 e. The smallest absolute Gasteiger partial charge is 0.322 e. The van der Waals surface area contributed by atoms with E-state index < -0.39 is 11.6 Å². The van der Waals surface area contributed by atoms with Gasteiger partial charge in [-0.1, -0.05) is 38.4 Å². The number of carbonyl (C=O) groups excluding carboxylic acids is 2. The number of nitrogens with zero attached hydrogens (tertiary/aromatic N) is 3. The van der Waals surface area contributed by atoms with Gasteiger partial charge in [0.2, 0.25) is 0 Å². The molecule has 0 spiro atoms. The van der Waals surface area contributed by atoms with E-state index in [1.165, 1.54) is 5.70 Å². The normalized spacial score (nSPS) is 23.8. The first kappa shape index (κ1) is 21.4. The standard InChI is InChI=1S/C21H30ClN5O2/c1-4-6-18(15(3)12-21(5-2)19(28)24-20(29)25-21)27-9-7-26(8-10-27)17-11-16(22)13-23-14-17/h6,11,13-15H,4-5,7-10,12H2,1-3H3,(H2,24,25,28,29)/b18-6+. The van der Waals surface area contributed by atoms with Crippen LogP contribution in [-0.4, -0.2) is 53.5 Å². The Labute approximate surface area is 177 Å². The Bertz CT molecular complexity index is 791. The molecule has 0 saturated carbocycles. The molecule has 1 aromatic rings. The van der Waals surface area contributed by atoms with Crippen LogP contribution in [0, 0.1) is 5.92 Å². The van der Waals surface area contributed by atoms with Crippen LogP contribution in [0.25, 0.3) is 0 Å². The third-order valence-electron chi connectivity index (χ3n) is 5.89. The quantitative estimate of drug-likeness (QED) is 0.664. The topological polar surface area (TPSA) is 77.6 Å². The second-order valence-corrected chi connectivity index (χ2v) is 8.26. The monoisotopic (exact) mass is 419 g/mol. The molecule has 0 radical (unpaired) electrons. The SMILES string of the molecule is CC/C=C(\C(C)CC1(CC)NC(=O)NC1=O)N1CCN(c2cncc(Cl)c2)CC1. The average molecular weight is 420 g/mol. The number of piperazine rings is 1. The van der Waals surface area contributed by atoms with Crippen LogP contribution >= 0.6 is 11.6 Å². The lowest BCUT2D eigenvalue weighted by Crippen LogP contribution is -2.50. The molecule has 3 rings (SSSR count). The van der Waals surface area contributed by atoms with E-state index >= 15 is 0 Å². The lowest BCUT2D eigenvalue weighted by Gasteiger charge is -2.41. The van der Waals surface area contributed by atoms with E-state index in [1.807, 2.05) is 19.2 Å². The Morgan fingerprint density at radius 1 is 1.28 bits per heavy atom. The highest BCUT2D eigenvalue weighted by molar-refractivity contribution is 6.30. The molecule has 3 heterocycles. The minimum atomic E-state index is -0.822. The first-order chi connectivity index (χ1) is 13.9. The third-order valence-corrected chi connectivity index (χ3v) is 6.10. The molecule has 3 amide bonds. The fourth-order valence-corrected chi connectivity index (χ4v) is 4.51. The van der Waals surface area contributed by atoms with Crippen LogP contribution in [0.15, 0.2) is 30.2 Å². The highest BCUT2D eigenvalue weighted by Gasteiger charge is 2.46. The van der Waals surface area contributed by atoms with Crippen molar-refractivity contribution in [2.45, 2.75) is 45.6 Å². The second kappa shape index (κ2) is 9.03. The zero-order valence-corrected chi connectivity index (χ0v) is 18.1. The molecule has 2 unspecified atom stereocenters. The summed E-state index contributed by atoms with van der Waals surface area (Å²) in [7, 11) is 0. The van der Waals surface area contributed by atoms with Gasteiger partial charge in [-0.15, -0.1) is 0 Å². The first-order valence-electron chi connectivity index (χ1n) is 10.3. The van der Waals surface area contributed by atoms with E-state index in [1.54, 1.807) is 6.20 Å². The van der Waals surface area contributed by atoms with Gasteiger partial charge in [-0.25, -0.2) is 4.79 Å². The number of anilines is 1. The van der Waals surface area contributed by atoms with Crippen LogP contribution in [0.5, 0.6) is 0 Å². The summed E-state index contributed by atoms with van der Waals surface area (Å²) in [6, 6.07) is 1.55. The molecule has 2 aliphatic rings. The summed E-state index contributed by atoms with van der Waals surface area (Å²) in [6.45, 7) is 9.75. The number of amides is 3. The summed E-state index contributed by atoms with van der Waals surface area (Å²) >= 11 is 6.08. The summed E-state index contributed by atoms with van der Waals surface area (Å²) in [6.07, 6.45) is 7.83. The lowest BCUT2D eigenvalue weighted by molar-refractivity contribution is -0.124. The van der Waals surface area contributed by atoms with Gasteiger partial charge in [-0.3, -0.25) is 15.1 Å². The van der Waals surface area contributed by atoms with Gasteiger partial charge < -0.3 is 15.1 Å². The Balaban J connectivity index is 1.68. The zero-order chi connectivity index (χ0) is 21.0. The van der Waals surface area contributed by atoms with Crippen LogP contribution in [0.2, 0.25) is 5.02 Å². The van der Waals surface area contributed by atoms with Gasteiger partial charge in [0, 0.05) is 38.1 Å². The molecule has 8 heteroatoms. The fraction of sp³-hybridized carbons (Fsp3) is 0.571. The number of allylic oxidation sites excluding steroid dienone is 2. The van der Waals surface area contributed by atoms with Gasteiger partial charge in [0.25, 0.3) is 5.91 Å². The van der Waals surface area contributed by atoms with E-state index in [2.05, 4.69) is 45.3 Å². The summed E-state index contributed by atoms with van der Waals surface area (Å²) in [5, 5.41) is 5.90. The maximum Gasteiger partial charge on any atom is 0.322 e. The van der Waals surface area contributed by atoms with E-state index in [0.717, 1.165) is 38.3 Å². The van der Waals surface area contributed by atoms with E-state index in [4.69, 9.17) is 11.6 Å². The lowest BCUT2D eigenvalue weighted by atomic mass is 9.83. The maximum absolute atomic E-state index is 12.4. The summed E-state index contributed by atoms with van der Waals surface area (Å²) in [4.78, 5) is 33.0. The number of imide groups is 1.